The Morgan fingerprint density at radius 1 is 1.31 bits per heavy atom. The van der Waals surface area contributed by atoms with Gasteiger partial charge in [-0.2, -0.15) is 11.3 Å². The second-order valence-corrected chi connectivity index (χ2v) is 8.61. The average Bonchev–Trinajstić information content (AvgIpc) is 3.31. The molecule has 2 heterocycles. The molecule has 0 aliphatic carbocycles. The highest BCUT2D eigenvalue weighted by molar-refractivity contribution is 7.89. The summed E-state index contributed by atoms with van der Waals surface area (Å²) >= 11 is 2.96. The van der Waals surface area contributed by atoms with E-state index < -0.39 is 27.4 Å². The summed E-state index contributed by atoms with van der Waals surface area (Å²) in [5.74, 6) is -1.82. The van der Waals surface area contributed by atoms with Crippen molar-refractivity contribution in [2.75, 3.05) is 7.05 Å². The van der Waals surface area contributed by atoms with Crippen LogP contribution in [0.15, 0.2) is 45.3 Å². The number of nitrogens with zero attached hydrogens (tertiary/aromatic N) is 1. The predicted octanol–water partition coefficient (Wildman–Crippen LogP) is 3.28. The maximum Gasteiger partial charge on any atom is 0.341 e. The third-order valence-corrected chi connectivity index (χ3v) is 6.44. The number of carbonyl (C=O) groups excluding carboxylic acids is 1. The number of carbonyl (C=O) groups is 1. The maximum atomic E-state index is 13.9. The summed E-state index contributed by atoms with van der Waals surface area (Å²) < 4.78 is 44.7. The van der Waals surface area contributed by atoms with Gasteiger partial charge in [0.2, 0.25) is 10.0 Å². The van der Waals surface area contributed by atoms with Crippen LogP contribution in [0.2, 0.25) is 0 Å². The molecule has 0 aliphatic heterocycles. The van der Waals surface area contributed by atoms with Crippen LogP contribution in [-0.4, -0.2) is 26.4 Å². The molecular weight excluding hydrogens is 399 g/mol. The molecule has 26 heavy (non-hydrogen) atoms. The molecule has 3 rings (SSSR count). The third kappa shape index (κ3) is 3.98. The molecule has 0 aliphatic rings. The van der Waals surface area contributed by atoms with E-state index in [2.05, 4.69) is 9.71 Å². The molecular formula is C16H13FN2O4S3. The van der Waals surface area contributed by atoms with Gasteiger partial charge in [-0.15, -0.1) is 11.3 Å². The second-order valence-electron chi connectivity index (χ2n) is 5.08. The Morgan fingerprint density at radius 2 is 2.12 bits per heavy atom. The van der Waals surface area contributed by atoms with Crippen LogP contribution in [0.4, 0.5) is 4.39 Å². The number of nitrogens with one attached hydrogen (secondary N) is 1. The first-order valence-corrected chi connectivity index (χ1v) is 10.6. The Hall–Kier alpha value is -2.14. The van der Waals surface area contributed by atoms with Crippen LogP contribution in [0.5, 0.6) is 0 Å². The van der Waals surface area contributed by atoms with Crippen molar-refractivity contribution in [1.82, 2.24) is 9.71 Å². The number of hydrogen-bond acceptors (Lipinski definition) is 7. The van der Waals surface area contributed by atoms with Crippen LogP contribution in [0.1, 0.15) is 16.1 Å². The van der Waals surface area contributed by atoms with E-state index in [-0.39, 0.29) is 11.5 Å². The van der Waals surface area contributed by atoms with E-state index in [9.17, 15) is 17.6 Å². The topological polar surface area (TPSA) is 85.4 Å². The summed E-state index contributed by atoms with van der Waals surface area (Å²) in [5.41, 5.74) is 1.06. The highest BCUT2D eigenvalue weighted by Crippen LogP contribution is 2.26. The van der Waals surface area contributed by atoms with Crippen LogP contribution < -0.4 is 4.72 Å². The van der Waals surface area contributed by atoms with Crippen molar-refractivity contribution >= 4 is 38.7 Å². The van der Waals surface area contributed by atoms with Gasteiger partial charge >= 0.3 is 5.97 Å². The van der Waals surface area contributed by atoms with Gasteiger partial charge in [0.1, 0.15) is 17.4 Å². The molecule has 0 atom stereocenters. The highest BCUT2D eigenvalue weighted by atomic mass is 32.2. The van der Waals surface area contributed by atoms with Crippen LogP contribution in [0.3, 0.4) is 0 Å². The lowest BCUT2D eigenvalue weighted by Gasteiger charge is -2.07. The lowest BCUT2D eigenvalue weighted by atomic mass is 10.2. The van der Waals surface area contributed by atoms with Gasteiger partial charge in [0.25, 0.3) is 0 Å². The highest BCUT2D eigenvalue weighted by Gasteiger charge is 2.19. The number of aromatic nitrogens is 1. The van der Waals surface area contributed by atoms with Crippen molar-refractivity contribution in [3.63, 3.8) is 0 Å². The molecule has 136 valence electrons. The molecule has 6 nitrogen and oxygen atoms in total. The number of thiophene rings is 1. The van der Waals surface area contributed by atoms with Crippen molar-refractivity contribution in [3.05, 3.63) is 57.5 Å². The summed E-state index contributed by atoms with van der Waals surface area (Å²) in [6.45, 7) is -0.137. The minimum atomic E-state index is -3.79. The van der Waals surface area contributed by atoms with E-state index in [1.54, 1.807) is 16.7 Å². The summed E-state index contributed by atoms with van der Waals surface area (Å²) in [7, 11) is -2.57. The zero-order valence-electron chi connectivity index (χ0n) is 13.4. The number of halogens is 1. The second kappa shape index (κ2) is 7.62. The van der Waals surface area contributed by atoms with Gasteiger partial charge in [0, 0.05) is 16.3 Å². The zero-order valence-corrected chi connectivity index (χ0v) is 15.9. The van der Waals surface area contributed by atoms with E-state index in [4.69, 9.17) is 4.74 Å². The predicted molar refractivity (Wildman–Crippen MR) is 97.2 cm³/mol. The molecule has 0 radical (unpaired) electrons. The Labute approximate surface area is 157 Å². The summed E-state index contributed by atoms with van der Waals surface area (Å²) in [6.07, 6.45) is 0. The van der Waals surface area contributed by atoms with Gasteiger partial charge in [-0.05, 0) is 36.7 Å². The summed E-state index contributed by atoms with van der Waals surface area (Å²) in [5, 5.41) is 6.44. The van der Waals surface area contributed by atoms with Gasteiger partial charge in [0.15, 0.2) is 0 Å². The Balaban J connectivity index is 1.73. The van der Waals surface area contributed by atoms with Crippen molar-refractivity contribution in [1.29, 1.82) is 0 Å². The summed E-state index contributed by atoms with van der Waals surface area (Å²) in [6, 6.07) is 4.87. The molecule has 3 aromatic rings. The molecule has 1 N–H and O–H groups in total. The number of sulfonamides is 1. The number of hydrogen-bond donors (Lipinski definition) is 1. The van der Waals surface area contributed by atoms with Gasteiger partial charge in [-0.1, -0.05) is 0 Å². The van der Waals surface area contributed by atoms with Crippen LogP contribution in [-0.2, 0) is 21.4 Å². The van der Waals surface area contributed by atoms with E-state index in [0.717, 1.165) is 28.8 Å². The van der Waals surface area contributed by atoms with Gasteiger partial charge in [-0.25, -0.2) is 27.3 Å². The van der Waals surface area contributed by atoms with Crippen molar-refractivity contribution in [3.8, 4) is 10.6 Å². The number of rotatable bonds is 6. The smallest absolute Gasteiger partial charge is 0.341 e. The monoisotopic (exact) mass is 412 g/mol. The Kier molecular flexibility index (Phi) is 5.47. The quantitative estimate of drug-likeness (QED) is 0.628. The Morgan fingerprint density at radius 3 is 2.81 bits per heavy atom. The Bertz CT molecular complexity index is 1030. The first-order chi connectivity index (χ1) is 12.4. The minimum Gasteiger partial charge on any atom is -0.455 e. The minimum absolute atomic E-state index is 0.137. The standard InChI is InChI=1S/C16H13FN2O4S3/c1-18-26(21,22)12-2-3-14(17)13(6-12)16(20)23-7-11-9-25-15(19-11)10-4-5-24-8-10/h2-6,8-9,18H,7H2,1H3. The van der Waals surface area contributed by atoms with Crippen molar-refractivity contribution in [2.45, 2.75) is 11.5 Å². The zero-order chi connectivity index (χ0) is 18.7. The number of esters is 1. The lowest BCUT2D eigenvalue weighted by molar-refractivity contribution is 0.0463. The van der Waals surface area contributed by atoms with Gasteiger partial charge < -0.3 is 4.74 Å². The molecule has 0 saturated heterocycles. The van der Waals surface area contributed by atoms with E-state index >= 15 is 0 Å². The lowest BCUT2D eigenvalue weighted by Crippen LogP contribution is -2.19. The fraction of sp³-hybridized carbons (Fsp3) is 0.125. The third-order valence-electron chi connectivity index (χ3n) is 3.41. The van der Waals surface area contributed by atoms with Crippen molar-refractivity contribution < 1.29 is 22.3 Å². The van der Waals surface area contributed by atoms with Gasteiger partial charge in [0.05, 0.1) is 16.2 Å². The largest absolute Gasteiger partial charge is 0.455 e. The first-order valence-electron chi connectivity index (χ1n) is 7.28. The molecule has 0 unspecified atom stereocenters. The molecule has 1 aromatic carbocycles. The fourth-order valence-corrected chi connectivity index (χ4v) is 4.33. The first kappa shape index (κ1) is 18.6. The van der Waals surface area contributed by atoms with Crippen LogP contribution in [0, 0.1) is 5.82 Å². The number of thiazole rings is 1. The molecule has 0 bridgehead atoms. The molecule has 0 saturated carbocycles. The molecule has 10 heteroatoms. The molecule has 2 aromatic heterocycles. The van der Waals surface area contributed by atoms with E-state index in [1.165, 1.54) is 18.4 Å². The van der Waals surface area contributed by atoms with Crippen LogP contribution >= 0.6 is 22.7 Å². The SMILES string of the molecule is CNS(=O)(=O)c1ccc(F)c(C(=O)OCc2csc(-c3ccsc3)n2)c1. The maximum absolute atomic E-state index is 13.9. The van der Waals surface area contributed by atoms with E-state index in [0.29, 0.717) is 5.69 Å². The number of benzene rings is 1. The van der Waals surface area contributed by atoms with E-state index in [1.807, 2.05) is 16.8 Å². The van der Waals surface area contributed by atoms with Crippen LogP contribution in [0.25, 0.3) is 10.6 Å². The summed E-state index contributed by atoms with van der Waals surface area (Å²) in [4.78, 5) is 16.3. The molecule has 0 amide bonds. The van der Waals surface area contributed by atoms with Gasteiger partial charge in [-0.3, -0.25) is 0 Å². The van der Waals surface area contributed by atoms with Crippen molar-refractivity contribution in [2.24, 2.45) is 0 Å². The molecule has 0 fully saturated rings. The normalized spacial score (nSPS) is 11.5. The average molecular weight is 412 g/mol. The number of ether oxygens (including phenoxy) is 1. The molecule has 0 spiro atoms. The fourth-order valence-electron chi connectivity index (χ4n) is 2.06.